The lowest BCUT2D eigenvalue weighted by molar-refractivity contribution is 0.412. The number of hydrogen-bond donors (Lipinski definition) is 0. The predicted octanol–water partition coefficient (Wildman–Crippen LogP) is 3.38. The minimum absolute atomic E-state index is 0.837. The molecular formula is C13H12N2OS. The van der Waals surface area contributed by atoms with Crippen LogP contribution in [-0.2, 0) is 0 Å². The molecule has 0 spiro atoms. The van der Waals surface area contributed by atoms with Gasteiger partial charge in [0.2, 0.25) is 0 Å². The quantitative estimate of drug-likeness (QED) is 0.691. The van der Waals surface area contributed by atoms with E-state index in [0.717, 1.165) is 17.1 Å². The molecule has 0 N–H and O–H groups in total. The molecule has 0 saturated heterocycles. The molecular weight excluding hydrogens is 232 g/mol. The van der Waals surface area contributed by atoms with Crippen molar-refractivity contribution in [3.63, 3.8) is 0 Å². The Hall–Kier alpha value is -1.81. The fourth-order valence-electron chi connectivity index (χ4n) is 1.78. The molecule has 0 fully saturated rings. The number of thiophene rings is 1. The number of rotatable bonds is 2. The average Bonchev–Trinajstić information content (AvgIpc) is 2.93. The summed E-state index contributed by atoms with van der Waals surface area (Å²) in [5.74, 6) is 0.837. The zero-order chi connectivity index (χ0) is 11.8. The van der Waals surface area contributed by atoms with Gasteiger partial charge in [-0.1, -0.05) is 0 Å². The van der Waals surface area contributed by atoms with Crippen molar-refractivity contribution in [3.05, 3.63) is 41.5 Å². The maximum Gasteiger partial charge on any atom is 0.137 e. The van der Waals surface area contributed by atoms with Crippen LogP contribution in [-0.4, -0.2) is 16.5 Å². The van der Waals surface area contributed by atoms with E-state index in [0.29, 0.717) is 0 Å². The van der Waals surface area contributed by atoms with E-state index in [4.69, 9.17) is 4.74 Å². The molecule has 4 heteroatoms. The molecule has 3 aromatic rings. The summed E-state index contributed by atoms with van der Waals surface area (Å²) in [6.07, 6.45) is 3.97. The van der Waals surface area contributed by atoms with E-state index in [1.807, 2.05) is 28.9 Å². The second-order valence-corrected chi connectivity index (χ2v) is 5.16. The first-order chi connectivity index (χ1) is 8.26. The highest BCUT2D eigenvalue weighted by molar-refractivity contribution is 7.15. The van der Waals surface area contributed by atoms with E-state index < -0.39 is 0 Å². The smallest absolute Gasteiger partial charge is 0.137 e. The summed E-state index contributed by atoms with van der Waals surface area (Å²) >= 11 is 1.76. The summed E-state index contributed by atoms with van der Waals surface area (Å²) in [6.45, 7) is 2.10. The molecule has 0 atom stereocenters. The lowest BCUT2D eigenvalue weighted by Gasteiger charge is -1.98. The van der Waals surface area contributed by atoms with Crippen LogP contribution < -0.4 is 4.74 Å². The van der Waals surface area contributed by atoms with Gasteiger partial charge in [-0.05, 0) is 31.2 Å². The molecule has 86 valence electrons. The molecule has 0 amide bonds. The number of nitrogens with zero attached hydrogens (tertiary/aromatic N) is 2. The summed E-state index contributed by atoms with van der Waals surface area (Å²) in [5.41, 5.74) is 1.95. The van der Waals surface area contributed by atoms with E-state index in [9.17, 15) is 0 Å². The van der Waals surface area contributed by atoms with Crippen LogP contribution in [0.5, 0.6) is 5.75 Å². The lowest BCUT2D eigenvalue weighted by Crippen LogP contribution is -1.86. The molecule has 3 rings (SSSR count). The third kappa shape index (κ3) is 1.80. The number of aryl methyl sites for hydroxylation is 1. The second kappa shape index (κ2) is 3.89. The van der Waals surface area contributed by atoms with Gasteiger partial charge in [-0.25, -0.2) is 4.98 Å². The van der Waals surface area contributed by atoms with Crippen molar-refractivity contribution in [2.45, 2.75) is 6.92 Å². The first kappa shape index (κ1) is 10.4. The predicted molar refractivity (Wildman–Crippen MR) is 69.8 cm³/mol. The molecule has 0 aliphatic rings. The van der Waals surface area contributed by atoms with Gasteiger partial charge in [-0.3, -0.25) is 0 Å². The number of fused-ring (bicyclic) bond motifs is 1. The Morgan fingerprint density at radius 2 is 2.06 bits per heavy atom. The van der Waals surface area contributed by atoms with Crippen LogP contribution in [0.1, 0.15) is 4.88 Å². The zero-order valence-electron chi connectivity index (χ0n) is 9.68. The number of imidazole rings is 1. The van der Waals surface area contributed by atoms with Gasteiger partial charge in [0.15, 0.2) is 0 Å². The van der Waals surface area contributed by atoms with E-state index >= 15 is 0 Å². The maximum absolute atomic E-state index is 5.20. The molecule has 3 nitrogen and oxygen atoms in total. The van der Waals surface area contributed by atoms with Crippen LogP contribution in [0.2, 0.25) is 0 Å². The summed E-state index contributed by atoms with van der Waals surface area (Å²) < 4.78 is 7.18. The second-order valence-electron chi connectivity index (χ2n) is 3.87. The number of pyridine rings is 1. The van der Waals surface area contributed by atoms with Crippen molar-refractivity contribution in [3.8, 4) is 16.3 Å². The molecule has 17 heavy (non-hydrogen) atoms. The third-order valence-corrected chi connectivity index (χ3v) is 3.68. The van der Waals surface area contributed by atoms with Crippen LogP contribution in [0, 0.1) is 6.92 Å². The topological polar surface area (TPSA) is 26.5 Å². The van der Waals surface area contributed by atoms with Crippen molar-refractivity contribution in [2.24, 2.45) is 0 Å². The van der Waals surface area contributed by atoms with Crippen LogP contribution in [0.15, 0.2) is 36.7 Å². The van der Waals surface area contributed by atoms with E-state index in [1.165, 1.54) is 9.75 Å². The number of ether oxygens (including phenoxy) is 1. The van der Waals surface area contributed by atoms with Crippen molar-refractivity contribution < 1.29 is 4.74 Å². The summed E-state index contributed by atoms with van der Waals surface area (Å²) in [5, 5.41) is 0. The molecule has 0 radical (unpaired) electrons. The van der Waals surface area contributed by atoms with Gasteiger partial charge in [-0.2, -0.15) is 0 Å². The lowest BCUT2D eigenvalue weighted by atomic mass is 10.4. The molecule has 3 heterocycles. The number of hydrogen-bond acceptors (Lipinski definition) is 3. The Morgan fingerprint density at radius 1 is 1.18 bits per heavy atom. The summed E-state index contributed by atoms with van der Waals surface area (Å²) in [7, 11) is 1.67. The van der Waals surface area contributed by atoms with Gasteiger partial charge in [0.1, 0.15) is 11.4 Å². The normalized spacial score (nSPS) is 10.9. The highest BCUT2D eigenvalue weighted by atomic mass is 32.1. The maximum atomic E-state index is 5.20. The summed E-state index contributed by atoms with van der Waals surface area (Å²) in [4.78, 5) is 7.09. The SMILES string of the molecule is COc1ccc2nc(-c3ccc(C)s3)cn2c1. The standard InChI is InChI=1S/C13H12N2OS/c1-9-3-5-12(17-9)11-8-15-7-10(16-2)4-6-13(15)14-11/h3-8H,1-2H3. The minimum Gasteiger partial charge on any atom is -0.495 e. The molecule has 0 aliphatic carbocycles. The highest BCUT2D eigenvalue weighted by Crippen LogP contribution is 2.27. The van der Waals surface area contributed by atoms with Crippen molar-refractivity contribution in [1.82, 2.24) is 9.38 Å². The molecule has 3 aromatic heterocycles. The van der Waals surface area contributed by atoms with E-state index in [-0.39, 0.29) is 0 Å². The molecule has 0 aromatic carbocycles. The largest absolute Gasteiger partial charge is 0.495 e. The Bertz CT molecular complexity index is 669. The van der Waals surface area contributed by atoms with Gasteiger partial charge in [0.25, 0.3) is 0 Å². The van der Waals surface area contributed by atoms with Crippen LogP contribution >= 0.6 is 11.3 Å². The van der Waals surface area contributed by atoms with E-state index in [1.54, 1.807) is 18.4 Å². The first-order valence-corrected chi connectivity index (χ1v) is 6.17. The van der Waals surface area contributed by atoms with Crippen molar-refractivity contribution in [2.75, 3.05) is 7.11 Å². The zero-order valence-corrected chi connectivity index (χ0v) is 10.5. The Labute approximate surface area is 103 Å². The average molecular weight is 244 g/mol. The highest BCUT2D eigenvalue weighted by Gasteiger charge is 2.06. The monoisotopic (exact) mass is 244 g/mol. The van der Waals surface area contributed by atoms with Crippen LogP contribution in [0.3, 0.4) is 0 Å². The molecule has 0 aliphatic heterocycles. The minimum atomic E-state index is 0.837. The van der Waals surface area contributed by atoms with Gasteiger partial charge in [0.05, 0.1) is 23.9 Å². The first-order valence-electron chi connectivity index (χ1n) is 5.36. The van der Waals surface area contributed by atoms with E-state index in [2.05, 4.69) is 24.0 Å². The summed E-state index contributed by atoms with van der Waals surface area (Å²) in [6, 6.07) is 8.11. The number of methoxy groups -OCH3 is 1. The van der Waals surface area contributed by atoms with Gasteiger partial charge in [0, 0.05) is 11.1 Å². The Kier molecular flexibility index (Phi) is 2.37. The molecule has 0 bridgehead atoms. The van der Waals surface area contributed by atoms with Gasteiger partial charge >= 0.3 is 0 Å². The number of aromatic nitrogens is 2. The van der Waals surface area contributed by atoms with Gasteiger partial charge < -0.3 is 9.14 Å². The molecule has 0 saturated carbocycles. The van der Waals surface area contributed by atoms with Crippen molar-refractivity contribution in [1.29, 1.82) is 0 Å². The van der Waals surface area contributed by atoms with Crippen LogP contribution in [0.25, 0.3) is 16.2 Å². The van der Waals surface area contributed by atoms with Crippen molar-refractivity contribution >= 4 is 17.0 Å². The Balaban J connectivity index is 2.13. The molecule has 0 unspecified atom stereocenters. The fourth-order valence-corrected chi connectivity index (χ4v) is 2.61. The van der Waals surface area contributed by atoms with Gasteiger partial charge in [-0.15, -0.1) is 11.3 Å². The van der Waals surface area contributed by atoms with Crippen LogP contribution in [0.4, 0.5) is 0 Å². The fraction of sp³-hybridized carbons (Fsp3) is 0.154. The third-order valence-electron chi connectivity index (χ3n) is 2.65. The Morgan fingerprint density at radius 3 is 2.76 bits per heavy atom.